The molecule has 106 valence electrons. The minimum Gasteiger partial charge on any atom is -0.469 e. The summed E-state index contributed by atoms with van der Waals surface area (Å²) in [5, 5.41) is 10.1. The predicted molar refractivity (Wildman–Crippen MR) is 64.6 cm³/mol. The summed E-state index contributed by atoms with van der Waals surface area (Å²) in [4.78, 5) is 27.4. The Morgan fingerprint density at radius 2 is 1.95 bits per heavy atom. The van der Waals surface area contributed by atoms with Crippen LogP contribution in [0.15, 0.2) is 0 Å². The molecule has 0 aliphatic heterocycles. The number of esters is 1. The van der Waals surface area contributed by atoms with E-state index in [1.807, 2.05) is 0 Å². The molecule has 0 aromatic heterocycles. The van der Waals surface area contributed by atoms with E-state index in [1.54, 1.807) is 0 Å². The Balaban J connectivity index is 1.84. The van der Waals surface area contributed by atoms with Gasteiger partial charge in [0.1, 0.15) is 5.60 Å². The number of carbonyl (C=O) groups excluding carboxylic acids is 1. The molecule has 0 aromatic carbocycles. The van der Waals surface area contributed by atoms with Gasteiger partial charge in [0.15, 0.2) is 0 Å². The van der Waals surface area contributed by atoms with Crippen molar-refractivity contribution in [3.8, 4) is 0 Å². The van der Waals surface area contributed by atoms with Crippen LogP contribution in [0.4, 0.5) is 0 Å². The minimum atomic E-state index is -0.654. The molecule has 6 heteroatoms. The molecule has 2 atom stereocenters. The maximum Gasteiger partial charge on any atom is 0.306 e. The van der Waals surface area contributed by atoms with E-state index in [-0.39, 0.29) is 11.4 Å². The van der Waals surface area contributed by atoms with Crippen molar-refractivity contribution >= 4 is 5.97 Å². The van der Waals surface area contributed by atoms with Gasteiger partial charge in [0, 0.05) is 0 Å². The number of rotatable bonds is 4. The molecule has 0 radical (unpaired) electrons. The zero-order chi connectivity index (χ0) is 13.7. The first-order valence-corrected chi connectivity index (χ1v) is 6.85. The number of hydrogen-bond acceptors (Lipinski definition) is 5. The Bertz CT molecular complexity index is 407. The molecule has 0 N–H and O–H groups in total. The summed E-state index contributed by atoms with van der Waals surface area (Å²) in [5.74, 6) is 0.718. The number of ether oxygens (including phenoxy) is 1. The van der Waals surface area contributed by atoms with Gasteiger partial charge in [-0.1, -0.05) is 0 Å². The van der Waals surface area contributed by atoms with E-state index in [0.717, 1.165) is 32.1 Å². The molecule has 19 heavy (non-hydrogen) atoms. The van der Waals surface area contributed by atoms with E-state index in [9.17, 15) is 14.9 Å². The highest BCUT2D eigenvalue weighted by Gasteiger charge is 2.60. The molecule has 0 heterocycles. The number of hydrogen-bond donors (Lipinski definition) is 0. The lowest BCUT2D eigenvalue weighted by Gasteiger charge is -2.60. The van der Waals surface area contributed by atoms with Gasteiger partial charge in [0.2, 0.25) is 0 Å². The van der Waals surface area contributed by atoms with E-state index in [4.69, 9.17) is 9.57 Å². The van der Waals surface area contributed by atoms with Gasteiger partial charge in [-0.2, -0.15) is 0 Å². The molecule has 6 nitrogen and oxygen atoms in total. The van der Waals surface area contributed by atoms with E-state index in [1.165, 1.54) is 7.11 Å². The Labute approximate surface area is 111 Å². The maximum absolute atomic E-state index is 11.6. The average molecular weight is 269 g/mol. The molecule has 4 saturated carbocycles. The Morgan fingerprint density at radius 1 is 1.32 bits per heavy atom. The summed E-state index contributed by atoms with van der Waals surface area (Å²) >= 11 is 0. The van der Waals surface area contributed by atoms with Gasteiger partial charge < -0.3 is 9.57 Å². The Hall–Kier alpha value is -1.33. The van der Waals surface area contributed by atoms with E-state index in [0.29, 0.717) is 24.7 Å². The van der Waals surface area contributed by atoms with Crippen LogP contribution in [0.5, 0.6) is 0 Å². The molecule has 4 fully saturated rings. The molecule has 4 aliphatic carbocycles. The van der Waals surface area contributed by atoms with E-state index >= 15 is 0 Å². The second kappa shape index (κ2) is 4.08. The van der Waals surface area contributed by atoms with Crippen LogP contribution in [0.25, 0.3) is 0 Å². The lowest BCUT2D eigenvalue weighted by atomic mass is 9.47. The fourth-order valence-corrected chi connectivity index (χ4v) is 5.21. The lowest BCUT2D eigenvalue weighted by molar-refractivity contribution is -0.785. The molecule has 0 spiro atoms. The first-order chi connectivity index (χ1) is 8.94. The smallest absolute Gasteiger partial charge is 0.306 e. The molecular weight excluding hydrogens is 250 g/mol. The third kappa shape index (κ3) is 2.17. The fraction of sp³-hybridized carbons (Fsp3) is 0.923. The summed E-state index contributed by atoms with van der Waals surface area (Å²) in [6.45, 7) is 0. The average Bonchev–Trinajstić information content (AvgIpc) is 2.24. The van der Waals surface area contributed by atoms with Crippen LogP contribution in [0.3, 0.4) is 0 Å². The van der Waals surface area contributed by atoms with Crippen LogP contribution in [-0.4, -0.2) is 23.8 Å². The van der Waals surface area contributed by atoms with Gasteiger partial charge in [0.05, 0.1) is 13.5 Å². The van der Waals surface area contributed by atoms with Crippen molar-refractivity contribution in [2.45, 2.75) is 50.5 Å². The van der Waals surface area contributed by atoms with Crippen LogP contribution in [0, 0.1) is 27.4 Å². The van der Waals surface area contributed by atoms with Crippen molar-refractivity contribution in [2.75, 3.05) is 7.11 Å². The number of nitrogens with zero attached hydrogens (tertiary/aromatic N) is 1. The molecule has 2 unspecified atom stereocenters. The van der Waals surface area contributed by atoms with Gasteiger partial charge >= 0.3 is 5.97 Å². The number of methoxy groups -OCH3 is 1. The van der Waals surface area contributed by atoms with Gasteiger partial charge in [-0.25, -0.2) is 0 Å². The molecule has 0 amide bonds. The largest absolute Gasteiger partial charge is 0.469 e. The Kier molecular flexibility index (Phi) is 2.73. The van der Waals surface area contributed by atoms with Gasteiger partial charge in [-0.05, 0) is 55.8 Å². The second-order valence-electron chi connectivity index (χ2n) is 6.71. The van der Waals surface area contributed by atoms with Crippen LogP contribution < -0.4 is 0 Å². The van der Waals surface area contributed by atoms with Crippen LogP contribution >= 0.6 is 0 Å². The monoisotopic (exact) mass is 269 g/mol. The first kappa shape index (κ1) is 12.7. The summed E-state index contributed by atoms with van der Waals surface area (Å²) in [5.41, 5.74) is -0.769. The predicted octanol–water partition coefficient (Wildman–Crippen LogP) is 2.10. The molecule has 0 aromatic rings. The highest BCUT2D eigenvalue weighted by atomic mass is 17.0. The molecular formula is C13H19NO5. The third-order valence-corrected chi connectivity index (χ3v) is 5.14. The lowest BCUT2D eigenvalue weighted by Crippen LogP contribution is -2.57. The summed E-state index contributed by atoms with van der Waals surface area (Å²) in [6.07, 6.45) is 5.65. The van der Waals surface area contributed by atoms with Crippen molar-refractivity contribution in [2.24, 2.45) is 17.3 Å². The standard InChI is InChI=1S/C13H19NO5/c1-18-11(15)7-12-3-9-2-10(4-12)6-13(5-9,8-12)19-14(16)17/h9-10H,2-8H2,1H3. The van der Waals surface area contributed by atoms with E-state index < -0.39 is 10.7 Å². The highest BCUT2D eigenvalue weighted by molar-refractivity contribution is 5.70. The van der Waals surface area contributed by atoms with Crippen molar-refractivity contribution in [1.82, 2.24) is 0 Å². The van der Waals surface area contributed by atoms with Crippen molar-refractivity contribution < 1.29 is 19.5 Å². The number of carbonyl (C=O) groups is 1. The van der Waals surface area contributed by atoms with Gasteiger partial charge in [-0.3, -0.25) is 4.79 Å². The summed E-state index contributed by atoms with van der Waals surface area (Å²) < 4.78 is 4.79. The maximum atomic E-state index is 11.6. The quantitative estimate of drug-likeness (QED) is 0.443. The SMILES string of the molecule is COC(=O)CC12CC3CC(C1)CC(O[N+](=O)[O-])(C3)C2. The van der Waals surface area contributed by atoms with E-state index in [2.05, 4.69) is 0 Å². The van der Waals surface area contributed by atoms with Crippen LogP contribution in [0.2, 0.25) is 0 Å². The third-order valence-electron chi connectivity index (χ3n) is 5.14. The van der Waals surface area contributed by atoms with Gasteiger partial charge in [-0.15, -0.1) is 10.1 Å². The summed E-state index contributed by atoms with van der Waals surface area (Å²) in [7, 11) is 1.39. The normalized spacial score (nSPS) is 43.0. The second-order valence-corrected chi connectivity index (χ2v) is 6.71. The molecule has 4 aliphatic rings. The van der Waals surface area contributed by atoms with Crippen LogP contribution in [0.1, 0.15) is 44.9 Å². The Morgan fingerprint density at radius 3 is 2.47 bits per heavy atom. The van der Waals surface area contributed by atoms with Crippen LogP contribution in [-0.2, 0) is 14.4 Å². The molecule has 4 rings (SSSR count). The van der Waals surface area contributed by atoms with Crippen molar-refractivity contribution in [3.05, 3.63) is 10.1 Å². The topological polar surface area (TPSA) is 78.7 Å². The van der Waals surface area contributed by atoms with Crippen molar-refractivity contribution in [3.63, 3.8) is 0 Å². The molecule has 4 bridgehead atoms. The fourth-order valence-electron chi connectivity index (χ4n) is 5.21. The van der Waals surface area contributed by atoms with Crippen molar-refractivity contribution in [1.29, 1.82) is 0 Å². The summed E-state index contributed by atoms with van der Waals surface area (Å²) in [6, 6.07) is 0. The molecule has 0 saturated heterocycles. The zero-order valence-electron chi connectivity index (χ0n) is 11.1. The minimum absolute atomic E-state index is 0.132. The highest BCUT2D eigenvalue weighted by Crippen LogP contribution is 2.64. The first-order valence-electron chi connectivity index (χ1n) is 6.85. The zero-order valence-corrected chi connectivity index (χ0v) is 11.1. The van der Waals surface area contributed by atoms with Gasteiger partial charge in [0.25, 0.3) is 5.09 Å².